The van der Waals surface area contributed by atoms with E-state index < -0.39 is 0 Å². The number of nitrogens with two attached hydrogens (primary N) is 1. The first kappa shape index (κ1) is 16.2. The third-order valence-electron chi connectivity index (χ3n) is 3.33. The highest BCUT2D eigenvalue weighted by Gasteiger charge is 2.05. The summed E-state index contributed by atoms with van der Waals surface area (Å²) in [6.45, 7) is 2.74. The summed E-state index contributed by atoms with van der Waals surface area (Å²) in [6, 6.07) is 15.6. The predicted octanol–water partition coefficient (Wildman–Crippen LogP) is 3.88. The summed E-state index contributed by atoms with van der Waals surface area (Å²) in [7, 11) is 1.58. The number of benzene rings is 2. The minimum absolute atomic E-state index is 0.306. The molecule has 1 atom stereocenters. The Kier molecular flexibility index (Phi) is 5.67. The number of aliphatic imine (C=N–C) groups is 1. The molecule has 1 unspecified atom stereocenters. The lowest BCUT2D eigenvalue weighted by atomic mass is 10.0. The van der Waals surface area contributed by atoms with Crippen molar-refractivity contribution in [3.63, 3.8) is 0 Å². The molecule has 0 aliphatic carbocycles. The SMILES string of the molecule is COc1ccc(NC(N)=NCC(C)c2ccccc2)cc1Cl. The molecule has 0 aromatic heterocycles. The predicted molar refractivity (Wildman–Crippen MR) is 93.0 cm³/mol. The molecule has 0 amide bonds. The second-order valence-electron chi connectivity index (χ2n) is 5.01. The van der Waals surface area contributed by atoms with Gasteiger partial charge >= 0.3 is 0 Å². The summed E-state index contributed by atoms with van der Waals surface area (Å²) in [5, 5.41) is 3.55. The van der Waals surface area contributed by atoms with Crippen molar-refractivity contribution < 1.29 is 4.74 Å². The van der Waals surface area contributed by atoms with Crippen LogP contribution in [0.15, 0.2) is 53.5 Å². The first-order chi connectivity index (χ1) is 10.6. The lowest BCUT2D eigenvalue weighted by Crippen LogP contribution is -2.23. The van der Waals surface area contributed by atoms with Gasteiger partial charge in [-0.15, -0.1) is 0 Å². The van der Waals surface area contributed by atoms with Gasteiger partial charge < -0.3 is 15.8 Å². The number of hydrogen-bond donors (Lipinski definition) is 2. The monoisotopic (exact) mass is 317 g/mol. The molecule has 0 radical (unpaired) electrons. The molecule has 0 aliphatic rings. The van der Waals surface area contributed by atoms with Gasteiger partial charge in [-0.05, 0) is 23.8 Å². The number of hydrogen-bond acceptors (Lipinski definition) is 2. The fourth-order valence-corrected chi connectivity index (χ4v) is 2.31. The zero-order chi connectivity index (χ0) is 15.9. The molecule has 2 rings (SSSR count). The normalized spacial score (nSPS) is 12.8. The molecule has 3 N–H and O–H groups in total. The minimum atomic E-state index is 0.306. The smallest absolute Gasteiger partial charge is 0.193 e. The standard InChI is InChI=1S/C17H20ClN3O/c1-12(13-6-4-3-5-7-13)11-20-17(19)21-14-8-9-16(22-2)15(18)10-14/h3-10,12H,11H2,1-2H3,(H3,19,20,21). The molecule has 116 valence electrons. The van der Waals surface area contributed by atoms with E-state index in [1.807, 2.05) is 24.3 Å². The average Bonchev–Trinajstić information content (AvgIpc) is 2.53. The molecule has 0 saturated carbocycles. The maximum absolute atomic E-state index is 6.07. The van der Waals surface area contributed by atoms with Crippen LogP contribution >= 0.6 is 11.6 Å². The number of rotatable bonds is 5. The number of anilines is 1. The average molecular weight is 318 g/mol. The summed E-state index contributed by atoms with van der Waals surface area (Å²) in [5.41, 5.74) is 7.94. The Morgan fingerprint density at radius 1 is 1.27 bits per heavy atom. The Balaban J connectivity index is 1.97. The maximum Gasteiger partial charge on any atom is 0.193 e. The lowest BCUT2D eigenvalue weighted by Gasteiger charge is -2.11. The van der Waals surface area contributed by atoms with Crippen molar-refractivity contribution in [3.8, 4) is 5.75 Å². The Bertz CT molecular complexity index is 644. The number of halogens is 1. The van der Waals surface area contributed by atoms with E-state index in [9.17, 15) is 0 Å². The van der Waals surface area contributed by atoms with Crippen molar-refractivity contribution in [1.29, 1.82) is 0 Å². The number of nitrogens with zero attached hydrogens (tertiary/aromatic N) is 1. The van der Waals surface area contributed by atoms with Gasteiger partial charge in [0.15, 0.2) is 5.96 Å². The molecule has 0 aliphatic heterocycles. The molecule has 0 bridgehead atoms. The Morgan fingerprint density at radius 3 is 2.64 bits per heavy atom. The van der Waals surface area contributed by atoms with Crippen LogP contribution in [0.2, 0.25) is 5.02 Å². The summed E-state index contributed by atoms with van der Waals surface area (Å²) >= 11 is 6.07. The molecule has 0 saturated heterocycles. The van der Waals surface area contributed by atoms with Gasteiger partial charge in [-0.3, -0.25) is 4.99 Å². The number of nitrogens with one attached hydrogen (secondary N) is 1. The van der Waals surface area contributed by atoms with Gasteiger partial charge in [-0.2, -0.15) is 0 Å². The van der Waals surface area contributed by atoms with Crippen LogP contribution in [0.25, 0.3) is 0 Å². The highest BCUT2D eigenvalue weighted by Crippen LogP contribution is 2.27. The van der Waals surface area contributed by atoms with Crippen LogP contribution < -0.4 is 15.8 Å². The van der Waals surface area contributed by atoms with Gasteiger partial charge in [0.2, 0.25) is 0 Å². The van der Waals surface area contributed by atoms with Gasteiger partial charge in [0.1, 0.15) is 5.75 Å². The molecule has 2 aromatic carbocycles. The van der Waals surface area contributed by atoms with E-state index in [4.69, 9.17) is 22.1 Å². The van der Waals surface area contributed by atoms with Crippen molar-refractivity contribution >= 4 is 23.2 Å². The summed E-state index contributed by atoms with van der Waals surface area (Å²) < 4.78 is 5.11. The lowest BCUT2D eigenvalue weighted by molar-refractivity contribution is 0.415. The van der Waals surface area contributed by atoms with Crippen LogP contribution in [0.4, 0.5) is 5.69 Å². The zero-order valence-electron chi connectivity index (χ0n) is 12.7. The van der Waals surface area contributed by atoms with Gasteiger partial charge in [0.25, 0.3) is 0 Å². The van der Waals surface area contributed by atoms with E-state index in [1.165, 1.54) is 5.56 Å². The molecule has 4 nitrogen and oxygen atoms in total. The van der Waals surface area contributed by atoms with Crippen molar-refractivity contribution in [3.05, 3.63) is 59.1 Å². The van der Waals surface area contributed by atoms with Crippen LogP contribution in [0.3, 0.4) is 0 Å². The van der Waals surface area contributed by atoms with Gasteiger partial charge in [0.05, 0.1) is 12.1 Å². The van der Waals surface area contributed by atoms with Crippen molar-refractivity contribution in [2.75, 3.05) is 19.0 Å². The second kappa shape index (κ2) is 7.71. The maximum atomic E-state index is 6.07. The van der Waals surface area contributed by atoms with Crippen molar-refractivity contribution in [2.45, 2.75) is 12.8 Å². The Hall–Kier alpha value is -2.20. The summed E-state index contributed by atoms with van der Waals surface area (Å²) in [4.78, 5) is 4.38. The topological polar surface area (TPSA) is 59.6 Å². The van der Waals surface area contributed by atoms with E-state index >= 15 is 0 Å². The molecule has 22 heavy (non-hydrogen) atoms. The first-order valence-electron chi connectivity index (χ1n) is 7.05. The van der Waals surface area contributed by atoms with Crippen LogP contribution in [0, 0.1) is 0 Å². The summed E-state index contributed by atoms with van der Waals surface area (Å²) in [5.74, 6) is 1.30. The Labute approximate surface area is 136 Å². The molecular formula is C17H20ClN3O. The van der Waals surface area contributed by atoms with E-state index in [0.717, 1.165) is 5.69 Å². The molecule has 5 heteroatoms. The highest BCUT2D eigenvalue weighted by atomic mass is 35.5. The fourth-order valence-electron chi connectivity index (χ4n) is 2.05. The number of guanidine groups is 1. The fraction of sp³-hybridized carbons (Fsp3) is 0.235. The van der Waals surface area contributed by atoms with Gasteiger partial charge in [0, 0.05) is 18.2 Å². The third kappa shape index (κ3) is 4.40. The first-order valence-corrected chi connectivity index (χ1v) is 7.43. The number of methoxy groups -OCH3 is 1. The van der Waals surface area contributed by atoms with Crippen molar-refractivity contribution in [1.82, 2.24) is 0 Å². The number of ether oxygens (including phenoxy) is 1. The largest absolute Gasteiger partial charge is 0.495 e. The van der Waals surface area contributed by atoms with Crippen molar-refractivity contribution in [2.24, 2.45) is 10.7 Å². The van der Waals surface area contributed by atoms with E-state index in [2.05, 4.69) is 29.4 Å². The highest BCUT2D eigenvalue weighted by molar-refractivity contribution is 6.32. The van der Waals surface area contributed by atoms with Gasteiger partial charge in [-0.1, -0.05) is 48.9 Å². The minimum Gasteiger partial charge on any atom is -0.495 e. The van der Waals surface area contributed by atoms with E-state index in [1.54, 1.807) is 19.2 Å². The molecule has 2 aromatic rings. The van der Waals surface area contributed by atoms with Crippen LogP contribution in [0.1, 0.15) is 18.4 Å². The zero-order valence-corrected chi connectivity index (χ0v) is 13.5. The van der Waals surface area contributed by atoms with E-state index in [-0.39, 0.29) is 0 Å². The van der Waals surface area contributed by atoms with Crippen LogP contribution in [-0.2, 0) is 0 Å². The molecule has 0 fully saturated rings. The molecular weight excluding hydrogens is 298 g/mol. The molecule has 0 spiro atoms. The summed E-state index contributed by atoms with van der Waals surface area (Å²) in [6.07, 6.45) is 0. The van der Waals surface area contributed by atoms with Gasteiger partial charge in [-0.25, -0.2) is 0 Å². The second-order valence-corrected chi connectivity index (χ2v) is 5.42. The third-order valence-corrected chi connectivity index (χ3v) is 3.62. The van der Waals surface area contributed by atoms with Crippen LogP contribution in [-0.4, -0.2) is 19.6 Å². The molecule has 0 heterocycles. The van der Waals surface area contributed by atoms with E-state index in [0.29, 0.717) is 29.2 Å². The van der Waals surface area contributed by atoms with Crippen LogP contribution in [0.5, 0.6) is 5.75 Å². The quantitative estimate of drug-likeness (QED) is 0.650. The Morgan fingerprint density at radius 2 is 2.00 bits per heavy atom.